The molecule has 0 saturated carbocycles. The van der Waals surface area contributed by atoms with Gasteiger partial charge in [0.2, 0.25) is 0 Å². The molecule has 0 bridgehead atoms. The fourth-order valence-corrected chi connectivity index (χ4v) is 2.73. The molecule has 0 aliphatic rings. The maximum Gasteiger partial charge on any atom is 0.178 e. The Bertz CT molecular complexity index is 485. The second-order valence-corrected chi connectivity index (χ2v) is 5.77. The number of hydrogen-bond donors (Lipinski definition) is 0. The lowest BCUT2D eigenvalue weighted by Gasteiger charge is -2.04. The maximum absolute atomic E-state index is 11.8. The molecule has 1 rings (SSSR count). The van der Waals surface area contributed by atoms with Crippen molar-refractivity contribution in [3.05, 3.63) is 29.8 Å². The van der Waals surface area contributed by atoms with Crippen LogP contribution >= 0.6 is 0 Å². The van der Waals surface area contributed by atoms with E-state index >= 15 is 0 Å². The summed E-state index contributed by atoms with van der Waals surface area (Å²) in [7, 11) is -1.67. The third-order valence-corrected chi connectivity index (χ3v) is 4.11. The molecule has 92 valence electrons. The van der Waals surface area contributed by atoms with Crippen LogP contribution in [-0.2, 0) is 21.2 Å². The van der Waals surface area contributed by atoms with Gasteiger partial charge in [-0.15, -0.1) is 0 Å². The molecule has 0 unspecified atom stereocenters. The monoisotopic (exact) mass is 253 g/mol. The second-order valence-electron chi connectivity index (χ2n) is 3.66. The van der Waals surface area contributed by atoms with Crippen molar-refractivity contribution in [1.29, 1.82) is 5.26 Å². The smallest absolute Gasteiger partial charge is 0.178 e. The van der Waals surface area contributed by atoms with Crippen molar-refractivity contribution < 1.29 is 13.2 Å². The molecule has 0 fully saturated rings. The van der Waals surface area contributed by atoms with Crippen LogP contribution in [0.2, 0.25) is 0 Å². The summed E-state index contributed by atoms with van der Waals surface area (Å²) in [4.78, 5) is 0.301. The van der Waals surface area contributed by atoms with Gasteiger partial charge in [-0.3, -0.25) is 0 Å². The molecule has 0 spiro atoms. The summed E-state index contributed by atoms with van der Waals surface area (Å²) < 4.78 is 28.6. The Labute approximate surface area is 102 Å². The van der Waals surface area contributed by atoms with Gasteiger partial charge in [0.1, 0.15) is 0 Å². The standard InChI is InChI=1S/C12H15NO3S/c1-16-10-11-4-6-12(7-5-11)17(14,15)9-3-2-8-13/h4-7H,2-3,9-10H2,1H3. The molecule has 4 nitrogen and oxygen atoms in total. The third kappa shape index (κ3) is 4.17. The summed E-state index contributed by atoms with van der Waals surface area (Å²) in [5, 5.41) is 8.37. The van der Waals surface area contributed by atoms with E-state index in [0.29, 0.717) is 17.9 Å². The van der Waals surface area contributed by atoms with Gasteiger partial charge in [-0.2, -0.15) is 5.26 Å². The van der Waals surface area contributed by atoms with Gasteiger partial charge >= 0.3 is 0 Å². The molecule has 0 radical (unpaired) electrons. The topological polar surface area (TPSA) is 67.2 Å². The summed E-state index contributed by atoms with van der Waals surface area (Å²) >= 11 is 0. The first-order valence-corrected chi connectivity index (χ1v) is 6.93. The summed E-state index contributed by atoms with van der Waals surface area (Å²) in [6, 6.07) is 8.57. The Kier molecular flexibility index (Phi) is 5.13. The summed E-state index contributed by atoms with van der Waals surface area (Å²) in [5.41, 5.74) is 0.934. The van der Waals surface area contributed by atoms with Crippen molar-refractivity contribution in [3.8, 4) is 6.07 Å². The molecule has 0 N–H and O–H groups in total. The molecule has 0 saturated heterocycles. The SMILES string of the molecule is COCc1ccc(S(=O)(=O)CCCC#N)cc1. The van der Waals surface area contributed by atoms with Crippen molar-refractivity contribution in [2.75, 3.05) is 12.9 Å². The fraction of sp³-hybridized carbons (Fsp3) is 0.417. The maximum atomic E-state index is 11.8. The largest absolute Gasteiger partial charge is 0.380 e. The van der Waals surface area contributed by atoms with Gasteiger partial charge < -0.3 is 4.74 Å². The fourth-order valence-electron chi connectivity index (χ4n) is 1.42. The molecule has 1 aromatic rings. The van der Waals surface area contributed by atoms with Gasteiger partial charge in [0.05, 0.1) is 23.3 Å². The number of nitriles is 1. The van der Waals surface area contributed by atoms with E-state index in [-0.39, 0.29) is 12.2 Å². The number of sulfone groups is 1. The number of hydrogen-bond acceptors (Lipinski definition) is 4. The Morgan fingerprint density at radius 1 is 1.29 bits per heavy atom. The predicted octanol–water partition coefficient (Wildman–Crippen LogP) is 1.91. The summed E-state index contributed by atoms with van der Waals surface area (Å²) in [5.74, 6) is 0.0180. The van der Waals surface area contributed by atoms with Crippen molar-refractivity contribution in [3.63, 3.8) is 0 Å². The van der Waals surface area contributed by atoms with Gasteiger partial charge in [-0.1, -0.05) is 12.1 Å². The lowest BCUT2D eigenvalue weighted by atomic mass is 10.2. The van der Waals surface area contributed by atoms with E-state index in [1.165, 1.54) is 0 Å². The van der Waals surface area contributed by atoms with Crippen LogP contribution < -0.4 is 0 Å². The molecule has 0 aromatic heterocycles. The van der Waals surface area contributed by atoms with Crippen LogP contribution in [0.1, 0.15) is 18.4 Å². The molecule has 5 heteroatoms. The predicted molar refractivity (Wildman–Crippen MR) is 64.1 cm³/mol. The van der Waals surface area contributed by atoms with Crippen LogP contribution in [0.25, 0.3) is 0 Å². The zero-order valence-electron chi connectivity index (χ0n) is 9.72. The number of methoxy groups -OCH3 is 1. The van der Waals surface area contributed by atoms with Crippen LogP contribution in [0.5, 0.6) is 0 Å². The summed E-state index contributed by atoms with van der Waals surface area (Å²) in [6.45, 7) is 0.467. The van der Waals surface area contributed by atoms with E-state index in [1.54, 1.807) is 31.4 Å². The highest BCUT2D eigenvalue weighted by atomic mass is 32.2. The average Bonchev–Trinajstić information content (AvgIpc) is 2.30. The van der Waals surface area contributed by atoms with Gasteiger partial charge in [-0.05, 0) is 24.1 Å². The number of benzene rings is 1. The number of rotatable bonds is 6. The van der Waals surface area contributed by atoms with Gasteiger partial charge in [0.25, 0.3) is 0 Å². The molecular weight excluding hydrogens is 238 g/mol. The van der Waals surface area contributed by atoms with Crippen molar-refractivity contribution in [1.82, 2.24) is 0 Å². The van der Waals surface area contributed by atoms with Crippen molar-refractivity contribution in [2.24, 2.45) is 0 Å². The highest BCUT2D eigenvalue weighted by molar-refractivity contribution is 7.91. The third-order valence-electron chi connectivity index (χ3n) is 2.30. The first kappa shape index (κ1) is 13.7. The Hall–Kier alpha value is -1.38. The number of unbranched alkanes of at least 4 members (excludes halogenated alkanes) is 1. The molecule has 0 aliphatic heterocycles. The minimum Gasteiger partial charge on any atom is -0.380 e. The van der Waals surface area contributed by atoms with Gasteiger partial charge in [0.15, 0.2) is 9.84 Å². The molecule has 1 aromatic carbocycles. The lowest BCUT2D eigenvalue weighted by Crippen LogP contribution is -2.06. The zero-order valence-corrected chi connectivity index (χ0v) is 10.5. The highest BCUT2D eigenvalue weighted by Crippen LogP contribution is 2.14. The number of ether oxygens (including phenoxy) is 1. The van der Waals surface area contributed by atoms with Crippen LogP contribution in [0.4, 0.5) is 0 Å². The highest BCUT2D eigenvalue weighted by Gasteiger charge is 2.13. The van der Waals surface area contributed by atoms with E-state index in [0.717, 1.165) is 5.56 Å². The molecular formula is C12H15NO3S. The first-order valence-electron chi connectivity index (χ1n) is 5.28. The minimum atomic E-state index is -3.26. The van der Waals surface area contributed by atoms with Gasteiger partial charge in [-0.25, -0.2) is 8.42 Å². The number of nitrogens with zero attached hydrogens (tertiary/aromatic N) is 1. The minimum absolute atomic E-state index is 0.0180. The molecule has 17 heavy (non-hydrogen) atoms. The Morgan fingerprint density at radius 3 is 2.47 bits per heavy atom. The normalized spacial score (nSPS) is 11.1. The molecule has 0 atom stereocenters. The lowest BCUT2D eigenvalue weighted by molar-refractivity contribution is 0.185. The average molecular weight is 253 g/mol. The van der Waals surface area contributed by atoms with Crippen LogP contribution in [0.15, 0.2) is 29.2 Å². The molecule has 0 aliphatic carbocycles. The van der Waals surface area contributed by atoms with Crippen molar-refractivity contribution in [2.45, 2.75) is 24.3 Å². The quantitative estimate of drug-likeness (QED) is 0.726. The Morgan fingerprint density at radius 2 is 1.94 bits per heavy atom. The van der Waals surface area contributed by atoms with E-state index in [4.69, 9.17) is 10.00 Å². The van der Waals surface area contributed by atoms with E-state index in [9.17, 15) is 8.42 Å². The van der Waals surface area contributed by atoms with Crippen molar-refractivity contribution >= 4 is 9.84 Å². The van der Waals surface area contributed by atoms with Crippen LogP contribution in [0.3, 0.4) is 0 Å². The molecule has 0 amide bonds. The molecule has 0 heterocycles. The summed E-state index contributed by atoms with van der Waals surface area (Å²) in [6.07, 6.45) is 0.639. The van der Waals surface area contributed by atoms with Crippen LogP contribution in [-0.4, -0.2) is 21.3 Å². The van der Waals surface area contributed by atoms with Gasteiger partial charge in [0, 0.05) is 13.5 Å². The zero-order chi connectivity index (χ0) is 12.7. The second kappa shape index (κ2) is 6.38. The van der Waals surface area contributed by atoms with E-state index < -0.39 is 9.84 Å². The van der Waals surface area contributed by atoms with E-state index in [1.807, 2.05) is 6.07 Å². The van der Waals surface area contributed by atoms with Crippen LogP contribution in [0, 0.1) is 11.3 Å². The van der Waals surface area contributed by atoms with E-state index in [2.05, 4.69) is 0 Å². The Balaban J connectivity index is 2.75. The first-order chi connectivity index (χ1) is 8.10.